The summed E-state index contributed by atoms with van der Waals surface area (Å²) in [5.41, 5.74) is 0.761. The Kier molecular flexibility index (Phi) is 4.37. The molecule has 0 fully saturated rings. The van der Waals surface area contributed by atoms with Crippen LogP contribution in [0.5, 0.6) is 0 Å². The zero-order chi connectivity index (χ0) is 15.4. The monoisotopic (exact) mass is 290 g/mol. The molecule has 5 nitrogen and oxygen atoms in total. The highest BCUT2D eigenvalue weighted by Gasteiger charge is 2.18. The molecule has 0 aliphatic heterocycles. The minimum atomic E-state index is -0.439. The van der Waals surface area contributed by atoms with E-state index in [9.17, 15) is 14.0 Å². The number of benzene rings is 1. The number of hydrogen-bond donors (Lipinski definition) is 1. The van der Waals surface area contributed by atoms with Gasteiger partial charge in [0.15, 0.2) is 0 Å². The van der Waals surface area contributed by atoms with E-state index in [2.05, 4.69) is 5.32 Å². The van der Waals surface area contributed by atoms with Crippen LogP contribution in [0, 0.1) is 12.7 Å². The topological polar surface area (TPSA) is 62.6 Å². The number of carbonyl (C=O) groups excluding carboxylic acids is 2. The average molecular weight is 290 g/mol. The maximum Gasteiger partial charge on any atom is 0.257 e. The minimum absolute atomic E-state index is 0.139. The summed E-state index contributed by atoms with van der Waals surface area (Å²) in [6, 6.07) is 7.11. The lowest BCUT2D eigenvalue weighted by Crippen LogP contribution is -2.35. The van der Waals surface area contributed by atoms with Crippen molar-refractivity contribution >= 4 is 17.5 Å². The first-order chi connectivity index (χ1) is 9.97. The van der Waals surface area contributed by atoms with E-state index in [1.165, 1.54) is 36.4 Å². The second-order valence-corrected chi connectivity index (χ2v) is 4.61. The fourth-order valence-corrected chi connectivity index (χ4v) is 1.87. The highest BCUT2D eigenvalue weighted by Crippen LogP contribution is 2.12. The van der Waals surface area contributed by atoms with Crippen molar-refractivity contribution in [2.75, 3.05) is 18.9 Å². The molecule has 0 saturated carbocycles. The molecule has 0 radical (unpaired) electrons. The molecular formula is C15H15FN2O3. The highest BCUT2D eigenvalue weighted by molar-refractivity contribution is 5.99. The number of nitrogens with zero attached hydrogens (tertiary/aromatic N) is 1. The van der Waals surface area contributed by atoms with E-state index in [1.54, 1.807) is 19.1 Å². The third-order valence-corrected chi connectivity index (χ3v) is 2.93. The molecule has 2 amide bonds. The number of anilines is 1. The summed E-state index contributed by atoms with van der Waals surface area (Å²) < 4.78 is 18.1. The Hall–Kier alpha value is -2.63. The van der Waals surface area contributed by atoms with E-state index in [-0.39, 0.29) is 12.5 Å². The zero-order valence-electron chi connectivity index (χ0n) is 11.7. The molecular weight excluding hydrogens is 275 g/mol. The smallest absolute Gasteiger partial charge is 0.257 e. The number of furan rings is 1. The molecule has 1 aromatic heterocycles. The number of halogens is 1. The molecule has 0 saturated heterocycles. The van der Waals surface area contributed by atoms with Crippen molar-refractivity contribution in [3.05, 3.63) is 53.7 Å². The van der Waals surface area contributed by atoms with Crippen LogP contribution < -0.4 is 5.32 Å². The third-order valence-electron chi connectivity index (χ3n) is 2.93. The first-order valence-electron chi connectivity index (χ1n) is 6.32. The fraction of sp³-hybridized carbons (Fsp3) is 0.200. The Morgan fingerprint density at radius 1 is 1.33 bits per heavy atom. The van der Waals surface area contributed by atoms with Gasteiger partial charge in [-0.15, -0.1) is 0 Å². The summed E-state index contributed by atoms with van der Waals surface area (Å²) in [5.74, 6) is -0.656. The Labute approximate surface area is 121 Å². The van der Waals surface area contributed by atoms with E-state index < -0.39 is 11.7 Å². The highest BCUT2D eigenvalue weighted by atomic mass is 19.1. The van der Waals surface area contributed by atoms with Crippen molar-refractivity contribution in [1.29, 1.82) is 0 Å². The number of hydrogen-bond acceptors (Lipinski definition) is 3. The first-order valence-corrected chi connectivity index (χ1v) is 6.32. The van der Waals surface area contributed by atoms with E-state index in [1.807, 2.05) is 0 Å². The van der Waals surface area contributed by atoms with Crippen LogP contribution in [0.25, 0.3) is 0 Å². The number of aryl methyl sites for hydroxylation is 1. The average Bonchev–Trinajstić information content (AvgIpc) is 2.83. The Bertz CT molecular complexity index is 666. The standard InChI is InChI=1S/C15H15FN2O3/c1-10-13(6-7-21-10)15(20)18(2)9-14(19)17-12-5-3-4-11(16)8-12/h3-8H,9H2,1-2H3,(H,17,19). The maximum atomic E-state index is 13.0. The van der Waals surface area contributed by atoms with Crippen molar-refractivity contribution < 1.29 is 18.4 Å². The lowest BCUT2D eigenvalue weighted by molar-refractivity contribution is -0.116. The second-order valence-electron chi connectivity index (χ2n) is 4.61. The Balaban J connectivity index is 1.96. The molecule has 0 atom stereocenters. The molecule has 110 valence electrons. The minimum Gasteiger partial charge on any atom is -0.469 e. The quantitative estimate of drug-likeness (QED) is 0.940. The van der Waals surface area contributed by atoms with Crippen LogP contribution in [0.3, 0.4) is 0 Å². The number of amides is 2. The van der Waals surface area contributed by atoms with Crippen molar-refractivity contribution in [1.82, 2.24) is 4.90 Å². The molecule has 0 spiro atoms. The van der Waals surface area contributed by atoms with Gasteiger partial charge >= 0.3 is 0 Å². The van der Waals surface area contributed by atoms with Gasteiger partial charge < -0.3 is 14.6 Å². The van der Waals surface area contributed by atoms with Gasteiger partial charge in [-0.2, -0.15) is 0 Å². The molecule has 1 aromatic carbocycles. The molecule has 1 N–H and O–H groups in total. The van der Waals surface area contributed by atoms with Crippen LogP contribution in [0.2, 0.25) is 0 Å². The molecule has 1 heterocycles. The van der Waals surface area contributed by atoms with Crippen LogP contribution in [-0.4, -0.2) is 30.3 Å². The van der Waals surface area contributed by atoms with Gasteiger partial charge in [0, 0.05) is 12.7 Å². The van der Waals surface area contributed by atoms with E-state index >= 15 is 0 Å². The van der Waals surface area contributed by atoms with Gasteiger partial charge in [0.2, 0.25) is 5.91 Å². The maximum absolute atomic E-state index is 13.0. The van der Waals surface area contributed by atoms with Crippen LogP contribution in [0.4, 0.5) is 10.1 Å². The lowest BCUT2D eigenvalue weighted by atomic mass is 10.2. The number of nitrogens with one attached hydrogen (secondary N) is 1. The summed E-state index contributed by atoms with van der Waals surface area (Å²) in [7, 11) is 1.51. The molecule has 6 heteroatoms. The van der Waals surface area contributed by atoms with Gasteiger partial charge in [0.25, 0.3) is 5.91 Å². The van der Waals surface area contributed by atoms with Gasteiger partial charge in [-0.25, -0.2) is 4.39 Å². The van der Waals surface area contributed by atoms with Crippen LogP contribution in [-0.2, 0) is 4.79 Å². The van der Waals surface area contributed by atoms with Gasteiger partial charge in [0.05, 0.1) is 18.4 Å². The number of carbonyl (C=O) groups is 2. The molecule has 21 heavy (non-hydrogen) atoms. The normalized spacial score (nSPS) is 10.2. The van der Waals surface area contributed by atoms with Crippen molar-refractivity contribution in [2.24, 2.45) is 0 Å². The van der Waals surface area contributed by atoms with Gasteiger partial charge in [-0.05, 0) is 31.2 Å². The molecule has 0 aliphatic rings. The van der Waals surface area contributed by atoms with E-state index in [0.717, 1.165) is 0 Å². The lowest BCUT2D eigenvalue weighted by Gasteiger charge is -2.16. The predicted octanol–water partition coefficient (Wildman–Crippen LogP) is 2.44. The summed E-state index contributed by atoms with van der Waals surface area (Å²) >= 11 is 0. The molecule has 2 aromatic rings. The van der Waals surface area contributed by atoms with Crippen molar-refractivity contribution in [3.8, 4) is 0 Å². The van der Waals surface area contributed by atoms with Crippen LogP contribution in [0.15, 0.2) is 41.0 Å². The number of likely N-dealkylation sites (N-methyl/N-ethyl adjacent to an activating group) is 1. The van der Waals surface area contributed by atoms with Gasteiger partial charge in [-0.1, -0.05) is 6.07 Å². The molecule has 2 rings (SSSR count). The second kappa shape index (κ2) is 6.21. The summed E-state index contributed by atoms with van der Waals surface area (Å²) in [6.07, 6.45) is 1.42. The number of rotatable bonds is 4. The van der Waals surface area contributed by atoms with E-state index in [4.69, 9.17) is 4.42 Å². The Morgan fingerprint density at radius 2 is 2.10 bits per heavy atom. The molecule has 0 aliphatic carbocycles. The first kappa shape index (κ1) is 14.8. The SMILES string of the molecule is Cc1occc1C(=O)N(C)CC(=O)Nc1cccc(F)c1. The largest absolute Gasteiger partial charge is 0.469 e. The molecule has 0 bridgehead atoms. The zero-order valence-corrected chi connectivity index (χ0v) is 11.7. The van der Waals surface area contributed by atoms with Crippen molar-refractivity contribution in [2.45, 2.75) is 6.92 Å². The third kappa shape index (κ3) is 3.68. The summed E-state index contributed by atoms with van der Waals surface area (Å²) in [5, 5.41) is 2.53. The van der Waals surface area contributed by atoms with Crippen LogP contribution >= 0.6 is 0 Å². The van der Waals surface area contributed by atoms with E-state index in [0.29, 0.717) is 17.0 Å². The van der Waals surface area contributed by atoms with Gasteiger partial charge in [-0.3, -0.25) is 9.59 Å². The Morgan fingerprint density at radius 3 is 2.71 bits per heavy atom. The van der Waals surface area contributed by atoms with Crippen LogP contribution in [0.1, 0.15) is 16.1 Å². The van der Waals surface area contributed by atoms with Gasteiger partial charge in [0.1, 0.15) is 11.6 Å². The van der Waals surface area contributed by atoms with Crippen molar-refractivity contribution in [3.63, 3.8) is 0 Å². The predicted molar refractivity (Wildman–Crippen MR) is 75.4 cm³/mol. The summed E-state index contributed by atoms with van der Waals surface area (Å²) in [6.45, 7) is 1.54. The molecule has 0 unspecified atom stereocenters. The summed E-state index contributed by atoms with van der Waals surface area (Å²) in [4.78, 5) is 25.2. The fourth-order valence-electron chi connectivity index (χ4n) is 1.87.